The summed E-state index contributed by atoms with van der Waals surface area (Å²) in [6, 6.07) is 9.88. The van der Waals surface area contributed by atoms with Crippen LogP contribution in [0.2, 0.25) is 6.82 Å². The summed E-state index contributed by atoms with van der Waals surface area (Å²) in [6.07, 6.45) is 0. The lowest BCUT2D eigenvalue weighted by atomic mass is 9.71. The van der Waals surface area contributed by atoms with Gasteiger partial charge in [0.05, 0.1) is 12.3 Å². The Morgan fingerprint density at radius 1 is 1.22 bits per heavy atom. The third-order valence-electron chi connectivity index (χ3n) is 2.54. The van der Waals surface area contributed by atoms with Crippen molar-refractivity contribution in [1.82, 2.24) is 9.97 Å². The lowest BCUT2D eigenvalue weighted by Gasteiger charge is -2.12. The fourth-order valence-electron chi connectivity index (χ4n) is 1.79. The van der Waals surface area contributed by atoms with E-state index in [0.29, 0.717) is 12.5 Å². The average Bonchev–Trinajstić information content (AvgIpc) is 2.39. The molecule has 1 aromatic carbocycles. The molecule has 0 saturated carbocycles. The van der Waals surface area contributed by atoms with Crippen LogP contribution in [0.25, 0.3) is 11.3 Å². The molecular formula is C13H15BN3O. The standard InChI is InChI=1S/C13H15BN3O/c1-3-18-12-10(14-2)11(16-13(15)17-12)9-7-5-4-6-8-9/h4-8H,3H2,1-2H3,(H2,15,16,17). The first kappa shape index (κ1) is 12.4. The fourth-order valence-corrected chi connectivity index (χ4v) is 1.79. The van der Waals surface area contributed by atoms with Gasteiger partial charge in [-0.3, -0.25) is 0 Å². The summed E-state index contributed by atoms with van der Waals surface area (Å²) in [5.41, 5.74) is 8.41. The van der Waals surface area contributed by atoms with Gasteiger partial charge >= 0.3 is 0 Å². The smallest absolute Gasteiger partial charge is 0.223 e. The molecule has 1 heterocycles. The van der Waals surface area contributed by atoms with Crippen LogP contribution >= 0.6 is 0 Å². The predicted molar refractivity (Wildman–Crippen MR) is 74.3 cm³/mol. The highest BCUT2D eigenvalue weighted by Crippen LogP contribution is 2.19. The minimum atomic E-state index is 0.225. The molecule has 0 saturated heterocycles. The molecule has 2 N–H and O–H groups in total. The molecule has 0 unspecified atom stereocenters. The molecule has 0 bridgehead atoms. The molecule has 0 aliphatic rings. The van der Waals surface area contributed by atoms with E-state index in [4.69, 9.17) is 10.5 Å². The van der Waals surface area contributed by atoms with E-state index in [0.717, 1.165) is 16.7 Å². The van der Waals surface area contributed by atoms with Crippen molar-refractivity contribution in [3.05, 3.63) is 30.3 Å². The van der Waals surface area contributed by atoms with E-state index in [1.165, 1.54) is 0 Å². The van der Waals surface area contributed by atoms with E-state index in [1.54, 1.807) is 0 Å². The summed E-state index contributed by atoms with van der Waals surface area (Å²) in [4.78, 5) is 8.45. The molecular weight excluding hydrogens is 225 g/mol. The van der Waals surface area contributed by atoms with Gasteiger partial charge in [-0.1, -0.05) is 37.2 Å². The molecule has 1 radical (unpaired) electrons. The van der Waals surface area contributed by atoms with Crippen molar-refractivity contribution in [3.8, 4) is 17.1 Å². The molecule has 0 aliphatic carbocycles. The third kappa shape index (κ3) is 2.45. The highest BCUT2D eigenvalue weighted by molar-refractivity contribution is 6.55. The number of benzene rings is 1. The number of ether oxygens (including phenoxy) is 1. The molecule has 4 nitrogen and oxygen atoms in total. The molecule has 0 atom stereocenters. The molecule has 18 heavy (non-hydrogen) atoms. The maximum Gasteiger partial charge on any atom is 0.223 e. The number of nitrogens with zero attached hydrogens (tertiary/aromatic N) is 2. The Hall–Kier alpha value is -2.04. The predicted octanol–water partition coefficient (Wildman–Crippen LogP) is 1.50. The number of aromatic nitrogens is 2. The Balaban J connectivity index is 2.59. The zero-order chi connectivity index (χ0) is 13.0. The van der Waals surface area contributed by atoms with Crippen LogP contribution < -0.4 is 15.9 Å². The monoisotopic (exact) mass is 240 g/mol. The topological polar surface area (TPSA) is 61.0 Å². The zero-order valence-corrected chi connectivity index (χ0v) is 10.6. The summed E-state index contributed by atoms with van der Waals surface area (Å²) in [5.74, 6) is 0.759. The van der Waals surface area contributed by atoms with Crippen molar-refractivity contribution in [2.24, 2.45) is 0 Å². The second kappa shape index (κ2) is 5.53. The zero-order valence-electron chi connectivity index (χ0n) is 10.6. The van der Waals surface area contributed by atoms with Crippen molar-refractivity contribution >= 4 is 18.7 Å². The van der Waals surface area contributed by atoms with E-state index >= 15 is 0 Å². The van der Waals surface area contributed by atoms with E-state index < -0.39 is 0 Å². The molecule has 1 aromatic heterocycles. The van der Waals surface area contributed by atoms with Crippen molar-refractivity contribution in [2.45, 2.75) is 13.7 Å². The maximum absolute atomic E-state index is 5.73. The Morgan fingerprint density at radius 3 is 2.56 bits per heavy atom. The van der Waals surface area contributed by atoms with Gasteiger partial charge in [0.25, 0.3) is 0 Å². The van der Waals surface area contributed by atoms with Crippen molar-refractivity contribution < 1.29 is 4.74 Å². The third-order valence-corrected chi connectivity index (χ3v) is 2.54. The number of hydrogen-bond donors (Lipinski definition) is 1. The van der Waals surface area contributed by atoms with Gasteiger partial charge in [0.1, 0.15) is 0 Å². The van der Waals surface area contributed by atoms with E-state index in [9.17, 15) is 0 Å². The van der Waals surface area contributed by atoms with Crippen molar-refractivity contribution in [2.75, 3.05) is 12.3 Å². The molecule has 0 aliphatic heterocycles. The minimum Gasteiger partial charge on any atom is -0.478 e. The summed E-state index contributed by atoms with van der Waals surface area (Å²) in [6.45, 7) is 4.40. The van der Waals surface area contributed by atoms with Gasteiger partial charge in [0.15, 0.2) is 7.28 Å². The second-order valence-corrected chi connectivity index (χ2v) is 3.74. The first-order valence-electron chi connectivity index (χ1n) is 5.91. The SMILES string of the molecule is C[B]c1c(OCC)nc(N)nc1-c1ccccc1. The van der Waals surface area contributed by atoms with E-state index in [2.05, 4.69) is 9.97 Å². The highest BCUT2D eigenvalue weighted by Gasteiger charge is 2.14. The van der Waals surface area contributed by atoms with Gasteiger partial charge in [-0.15, -0.1) is 0 Å². The van der Waals surface area contributed by atoms with Crippen LogP contribution in [0, 0.1) is 0 Å². The Labute approximate surface area is 107 Å². The Kier molecular flexibility index (Phi) is 3.82. The number of hydrogen-bond acceptors (Lipinski definition) is 4. The lowest BCUT2D eigenvalue weighted by Crippen LogP contribution is -2.22. The second-order valence-electron chi connectivity index (χ2n) is 3.74. The summed E-state index contributed by atoms with van der Waals surface area (Å²) in [5, 5.41) is 0. The van der Waals surface area contributed by atoms with Crippen LogP contribution in [0.5, 0.6) is 5.88 Å². The normalized spacial score (nSPS) is 10.1. The first-order valence-corrected chi connectivity index (χ1v) is 5.91. The summed E-state index contributed by atoms with van der Waals surface area (Å²) in [7, 11) is 1.94. The van der Waals surface area contributed by atoms with Crippen LogP contribution in [0.15, 0.2) is 30.3 Å². The largest absolute Gasteiger partial charge is 0.478 e. The van der Waals surface area contributed by atoms with Gasteiger partial charge in [-0.2, -0.15) is 4.98 Å². The maximum atomic E-state index is 5.73. The van der Waals surface area contributed by atoms with Crippen LogP contribution in [0.1, 0.15) is 6.92 Å². The van der Waals surface area contributed by atoms with Gasteiger partial charge in [-0.25, -0.2) is 4.98 Å². The van der Waals surface area contributed by atoms with Gasteiger partial charge < -0.3 is 10.5 Å². The summed E-state index contributed by atoms with van der Waals surface area (Å²) < 4.78 is 5.51. The molecule has 0 amide bonds. The van der Waals surface area contributed by atoms with Crippen LogP contribution in [0.4, 0.5) is 5.95 Å². The van der Waals surface area contributed by atoms with E-state index in [-0.39, 0.29) is 5.95 Å². The number of rotatable bonds is 4. The number of nitrogens with two attached hydrogens (primary N) is 1. The Morgan fingerprint density at radius 2 is 1.94 bits per heavy atom. The van der Waals surface area contributed by atoms with Crippen LogP contribution in [-0.2, 0) is 0 Å². The van der Waals surface area contributed by atoms with Gasteiger partial charge in [0, 0.05) is 0 Å². The van der Waals surface area contributed by atoms with Crippen molar-refractivity contribution in [1.29, 1.82) is 0 Å². The fraction of sp³-hybridized carbons (Fsp3) is 0.231. The van der Waals surface area contributed by atoms with Crippen LogP contribution in [-0.4, -0.2) is 23.9 Å². The quantitative estimate of drug-likeness (QED) is 0.822. The molecule has 0 spiro atoms. The Bertz CT molecular complexity index is 531. The number of anilines is 1. The van der Waals surface area contributed by atoms with Gasteiger partial charge in [-0.05, 0) is 17.9 Å². The average molecular weight is 240 g/mol. The van der Waals surface area contributed by atoms with Crippen LogP contribution in [0.3, 0.4) is 0 Å². The highest BCUT2D eigenvalue weighted by atomic mass is 16.5. The van der Waals surface area contributed by atoms with E-state index in [1.807, 2.05) is 51.4 Å². The number of nitrogen functional groups attached to an aromatic ring is 1. The minimum absolute atomic E-state index is 0.225. The lowest BCUT2D eigenvalue weighted by molar-refractivity contribution is 0.330. The molecule has 2 aromatic rings. The molecule has 91 valence electrons. The van der Waals surface area contributed by atoms with Crippen molar-refractivity contribution in [3.63, 3.8) is 0 Å². The molecule has 2 rings (SSSR count). The first-order chi connectivity index (χ1) is 8.76. The summed E-state index contributed by atoms with van der Waals surface area (Å²) >= 11 is 0. The van der Waals surface area contributed by atoms with Gasteiger partial charge in [0.2, 0.25) is 11.8 Å². The molecule has 0 fully saturated rings. The molecule has 5 heteroatoms.